The predicted molar refractivity (Wildman–Crippen MR) is 128 cm³/mol. The molecule has 1 aliphatic rings. The van der Waals surface area contributed by atoms with Gasteiger partial charge >= 0.3 is 0 Å². The highest BCUT2D eigenvalue weighted by Crippen LogP contribution is 2.23. The molecular weight excluding hydrogens is 419 g/mol. The molecular formula is C26H27FN4O2. The lowest BCUT2D eigenvalue weighted by Gasteiger charge is -2.36. The molecule has 1 amide bonds. The Bertz CT molecular complexity index is 1280. The third-order valence-corrected chi connectivity index (χ3v) is 6.18. The van der Waals surface area contributed by atoms with Crippen LogP contribution in [0, 0.1) is 12.7 Å². The fraction of sp³-hybridized carbons (Fsp3) is 0.308. The van der Waals surface area contributed by atoms with Crippen LogP contribution in [0.5, 0.6) is 0 Å². The predicted octanol–water partition coefficient (Wildman–Crippen LogP) is 4.37. The van der Waals surface area contributed by atoms with E-state index < -0.39 is 0 Å². The second-order valence-corrected chi connectivity index (χ2v) is 8.60. The van der Waals surface area contributed by atoms with Gasteiger partial charge in [-0.05, 0) is 67.9 Å². The van der Waals surface area contributed by atoms with Gasteiger partial charge < -0.3 is 14.6 Å². The molecule has 4 aromatic rings. The molecule has 3 heterocycles. The number of amides is 1. The maximum Gasteiger partial charge on any atom is 0.287 e. The van der Waals surface area contributed by atoms with Crippen LogP contribution < -0.4 is 10.2 Å². The highest BCUT2D eigenvalue weighted by Gasteiger charge is 2.17. The molecule has 0 unspecified atom stereocenters. The normalized spacial score (nSPS) is 14.8. The molecule has 0 bridgehead atoms. The number of halogens is 1. The first-order valence-electron chi connectivity index (χ1n) is 11.4. The molecule has 2 aromatic heterocycles. The standard InChI is InChI=1S/C26H27FN4O2/c1-18-3-4-19-16-20-17-24(33-26(20)29-23(19)15-18)25(32)28-9-2-10-30-11-13-31(14-12-30)22-7-5-21(27)6-8-22/h3-8,15-17H,2,9-14H2,1H3,(H,28,32). The quantitative estimate of drug-likeness (QED) is 0.446. The van der Waals surface area contributed by atoms with Crippen molar-refractivity contribution in [3.05, 3.63) is 71.7 Å². The lowest BCUT2D eigenvalue weighted by atomic mass is 10.1. The van der Waals surface area contributed by atoms with Gasteiger partial charge in [-0.1, -0.05) is 12.1 Å². The number of piperazine rings is 1. The number of rotatable bonds is 6. The van der Waals surface area contributed by atoms with E-state index in [0.717, 1.165) is 66.7 Å². The van der Waals surface area contributed by atoms with Gasteiger partial charge in [-0.2, -0.15) is 0 Å². The molecule has 5 rings (SSSR count). The third-order valence-electron chi connectivity index (χ3n) is 6.18. The Hall–Kier alpha value is -3.45. The van der Waals surface area contributed by atoms with Gasteiger partial charge in [-0.25, -0.2) is 9.37 Å². The second-order valence-electron chi connectivity index (χ2n) is 8.60. The van der Waals surface area contributed by atoms with Crippen LogP contribution in [0.15, 0.2) is 59.0 Å². The number of hydrogen-bond donors (Lipinski definition) is 1. The number of carbonyl (C=O) groups excluding carboxylic acids is 1. The summed E-state index contributed by atoms with van der Waals surface area (Å²) in [7, 11) is 0. The van der Waals surface area contributed by atoms with Crippen LogP contribution in [0.4, 0.5) is 10.1 Å². The molecule has 1 N–H and O–H groups in total. The van der Waals surface area contributed by atoms with E-state index in [9.17, 15) is 9.18 Å². The number of aryl methyl sites for hydroxylation is 1. The van der Waals surface area contributed by atoms with E-state index in [1.54, 1.807) is 6.07 Å². The number of nitrogens with zero attached hydrogens (tertiary/aromatic N) is 3. The Morgan fingerprint density at radius 1 is 1.03 bits per heavy atom. The van der Waals surface area contributed by atoms with Crippen LogP contribution in [0.2, 0.25) is 0 Å². The van der Waals surface area contributed by atoms with Crippen molar-refractivity contribution in [1.82, 2.24) is 15.2 Å². The second kappa shape index (κ2) is 9.19. The van der Waals surface area contributed by atoms with Crippen LogP contribution in [0.25, 0.3) is 22.0 Å². The fourth-order valence-corrected chi connectivity index (χ4v) is 4.32. The maximum atomic E-state index is 13.1. The topological polar surface area (TPSA) is 61.6 Å². The van der Waals surface area contributed by atoms with Gasteiger partial charge in [0.1, 0.15) is 5.82 Å². The average Bonchev–Trinajstić information content (AvgIpc) is 3.24. The van der Waals surface area contributed by atoms with Crippen LogP contribution >= 0.6 is 0 Å². The lowest BCUT2D eigenvalue weighted by Crippen LogP contribution is -2.47. The number of nitrogens with one attached hydrogen (secondary N) is 1. The zero-order chi connectivity index (χ0) is 22.8. The summed E-state index contributed by atoms with van der Waals surface area (Å²) in [6.07, 6.45) is 0.865. The highest BCUT2D eigenvalue weighted by molar-refractivity contribution is 5.98. The van der Waals surface area contributed by atoms with Crippen LogP contribution in [0.1, 0.15) is 22.5 Å². The van der Waals surface area contributed by atoms with Crippen molar-refractivity contribution >= 4 is 33.6 Å². The van der Waals surface area contributed by atoms with Crippen molar-refractivity contribution in [2.75, 3.05) is 44.2 Å². The molecule has 6 nitrogen and oxygen atoms in total. The minimum atomic E-state index is -0.214. The number of benzene rings is 2. The number of hydrogen-bond acceptors (Lipinski definition) is 5. The summed E-state index contributed by atoms with van der Waals surface area (Å²) < 4.78 is 18.8. The summed E-state index contributed by atoms with van der Waals surface area (Å²) in [4.78, 5) is 21.8. The molecule has 0 spiro atoms. The van der Waals surface area contributed by atoms with Gasteiger partial charge in [0.15, 0.2) is 5.76 Å². The van der Waals surface area contributed by atoms with Crippen molar-refractivity contribution in [1.29, 1.82) is 0 Å². The molecule has 0 saturated carbocycles. The van der Waals surface area contributed by atoms with E-state index >= 15 is 0 Å². The van der Waals surface area contributed by atoms with Crippen LogP contribution in [0.3, 0.4) is 0 Å². The zero-order valence-electron chi connectivity index (χ0n) is 18.7. The van der Waals surface area contributed by atoms with Gasteiger partial charge in [-0.15, -0.1) is 0 Å². The van der Waals surface area contributed by atoms with Gasteiger partial charge in [-0.3, -0.25) is 9.69 Å². The number of pyridine rings is 1. The molecule has 0 radical (unpaired) electrons. The molecule has 33 heavy (non-hydrogen) atoms. The average molecular weight is 447 g/mol. The summed E-state index contributed by atoms with van der Waals surface area (Å²) in [6, 6.07) is 16.5. The number of aromatic nitrogens is 1. The van der Waals surface area contributed by atoms with Gasteiger partial charge in [0.05, 0.1) is 5.52 Å². The van der Waals surface area contributed by atoms with Crippen LogP contribution in [-0.2, 0) is 0 Å². The highest BCUT2D eigenvalue weighted by atomic mass is 19.1. The van der Waals surface area contributed by atoms with E-state index in [0.29, 0.717) is 12.3 Å². The molecule has 1 aliphatic heterocycles. The van der Waals surface area contributed by atoms with Crippen LogP contribution in [-0.4, -0.2) is 55.1 Å². The number of fused-ring (bicyclic) bond motifs is 2. The minimum Gasteiger partial charge on any atom is -0.433 e. The molecule has 1 fully saturated rings. The fourth-order valence-electron chi connectivity index (χ4n) is 4.32. The van der Waals surface area contributed by atoms with Crippen molar-refractivity contribution in [2.45, 2.75) is 13.3 Å². The summed E-state index contributed by atoms with van der Waals surface area (Å²) in [5.41, 5.74) is 3.54. The summed E-state index contributed by atoms with van der Waals surface area (Å²) in [5.74, 6) is -0.131. The molecule has 1 saturated heterocycles. The first-order chi connectivity index (χ1) is 16.0. The van der Waals surface area contributed by atoms with Crippen molar-refractivity contribution in [2.24, 2.45) is 0 Å². The van der Waals surface area contributed by atoms with E-state index in [-0.39, 0.29) is 17.5 Å². The molecule has 0 atom stereocenters. The first kappa shape index (κ1) is 21.4. The number of carbonyl (C=O) groups is 1. The molecule has 0 aliphatic carbocycles. The summed E-state index contributed by atoms with van der Waals surface area (Å²) >= 11 is 0. The Balaban J connectivity index is 1.10. The Morgan fingerprint density at radius 2 is 1.82 bits per heavy atom. The Kier molecular flexibility index (Phi) is 5.96. The Labute approximate surface area is 192 Å². The largest absolute Gasteiger partial charge is 0.433 e. The molecule has 7 heteroatoms. The van der Waals surface area contributed by atoms with Crippen molar-refractivity contribution in [3.8, 4) is 0 Å². The van der Waals surface area contributed by atoms with Crippen molar-refractivity contribution < 1.29 is 13.6 Å². The lowest BCUT2D eigenvalue weighted by molar-refractivity contribution is 0.0925. The molecule has 2 aromatic carbocycles. The van der Waals surface area contributed by atoms with E-state index in [4.69, 9.17) is 4.42 Å². The SMILES string of the molecule is Cc1ccc2cc3cc(C(=O)NCCCN4CCN(c5ccc(F)cc5)CC4)oc3nc2c1. The maximum absolute atomic E-state index is 13.1. The van der Waals surface area contributed by atoms with E-state index in [1.807, 2.05) is 43.3 Å². The number of anilines is 1. The van der Waals surface area contributed by atoms with Gasteiger partial charge in [0.2, 0.25) is 5.71 Å². The number of furan rings is 1. The first-order valence-corrected chi connectivity index (χ1v) is 11.4. The zero-order valence-corrected chi connectivity index (χ0v) is 18.7. The van der Waals surface area contributed by atoms with E-state index in [2.05, 4.69) is 20.1 Å². The summed E-state index contributed by atoms with van der Waals surface area (Å²) in [5, 5.41) is 4.81. The molecule has 170 valence electrons. The summed E-state index contributed by atoms with van der Waals surface area (Å²) in [6.45, 7) is 7.27. The third kappa shape index (κ3) is 4.83. The van der Waals surface area contributed by atoms with Gasteiger partial charge in [0.25, 0.3) is 5.91 Å². The van der Waals surface area contributed by atoms with Crippen molar-refractivity contribution in [3.63, 3.8) is 0 Å². The smallest absolute Gasteiger partial charge is 0.287 e. The van der Waals surface area contributed by atoms with Gasteiger partial charge in [0, 0.05) is 49.2 Å². The van der Waals surface area contributed by atoms with E-state index in [1.165, 1.54) is 12.1 Å². The monoisotopic (exact) mass is 446 g/mol. The Morgan fingerprint density at radius 3 is 2.61 bits per heavy atom. The minimum absolute atomic E-state index is 0.207.